The number of hydrogen-bond donors (Lipinski definition) is 2. The number of fused-ring (bicyclic) bond motifs is 1. The lowest BCUT2D eigenvalue weighted by Crippen LogP contribution is -2.50. The van der Waals surface area contributed by atoms with E-state index in [0.29, 0.717) is 11.1 Å². The average molecular weight is 484 g/mol. The molecule has 2 heterocycles. The predicted octanol–water partition coefficient (Wildman–Crippen LogP) is 1.95. The van der Waals surface area contributed by atoms with Gasteiger partial charge in [0.25, 0.3) is 11.8 Å². The number of nitrogens with zero attached hydrogens (tertiary/aromatic N) is 3. The Bertz CT molecular complexity index is 1130. The summed E-state index contributed by atoms with van der Waals surface area (Å²) in [7, 11) is 1.63. The molecule has 1 aliphatic rings. The van der Waals surface area contributed by atoms with Crippen LogP contribution in [0.3, 0.4) is 0 Å². The number of hydrogen-bond acceptors (Lipinski definition) is 6. The number of benzene rings is 1. The summed E-state index contributed by atoms with van der Waals surface area (Å²) in [4.78, 5) is 33.6. The first-order valence-electron chi connectivity index (χ1n) is 11.4. The Kier molecular flexibility index (Phi) is 8.43. The van der Waals surface area contributed by atoms with Crippen LogP contribution < -0.4 is 4.74 Å². The third-order valence-electron chi connectivity index (χ3n) is 5.84. The summed E-state index contributed by atoms with van der Waals surface area (Å²) in [5, 5.41) is 19.2. The predicted molar refractivity (Wildman–Crippen MR) is 127 cm³/mol. The summed E-state index contributed by atoms with van der Waals surface area (Å²) in [5.74, 6) is 4.23. The maximum Gasteiger partial charge on any atom is 0.259 e. The SMILES string of the molecule is C[C@H](O)C#Cc1cnc2c(c1)C(=O)N([C@H](C)CO)C[C@H](C)[C@@H](CN(C)C(=O)c1ccc(F)cc1)O2. The van der Waals surface area contributed by atoms with Gasteiger partial charge in [-0.3, -0.25) is 9.59 Å². The van der Waals surface area contributed by atoms with Crippen molar-refractivity contribution in [1.29, 1.82) is 0 Å². The maximum absolute atomic E-state index is 13.4. The molecule has 2 N–H and O–H groups in total. The fourth-order valence-corrected chi connectivity index (χ4v) is 3.74. The quantitative estimate of drug-likeness (QED) is 0.631. The van der Waals surface area contributed by atoms with Gasteiger partial charge >= 0.3 is 0 Å². The Morgan fingerprint density at radius 2 is 2.03 bits per heavy atom. The van der Waals surface area contributed by atoms with Gasteiger partial charge in [0.15, 0.2) is 0 Å². The van der Waals surface area contributed by atoms with Crippen LogP contribution in [0.4, 0.5) is 4.39 Å². The molecule has 35 heavy (non-hydrogen) atoms. The molecule has 8 nitrogen and oxygen atoms in total. The summed E-state index contributed by atoms with van der Waals surface area (Å²) in [5.41, 5.74) is 0.969. The lowest BCUT2D eigenvalue weighted by atomic mass is 9.99. The molecule has 9 heteroatoms. The van der Waals surface area contributed by atoms with Crippen LogP contribution in [-0.4, -0.2) is 81.8 Å². The molecule has 0 radical (unpaired) electrons. The van der Waals surface area contributed by atoms with Gasteiger partial charge in [0.05, 0.1) is 19.2 Å². The van der Waals surface area contributed by atoms with E-state index in [9.17, 15) is 24.2 Å². The number of ether oxygens (including phenoxy) is 1. The Morgan fingerprint density at radius 3 is 2.66 bits per heavy atom. The zero-order valence-electron chi connectivity index (χ0n) is 20.2. The summed E-state index contributed by atoms with van der Waals surface area (Å²) in [6.07, 6.45) is 0.0960. The van der Waals surface area contributed by atoms with Gasteiger partial charge in [-0.25, -0.2) is 9.37 Å². The minimum absolute atomic E-state index is 0.104. The monoisotopic (exact) mass is 483 g/mol. The molecule has 0 saturated heterocycles. The first-order chi connectivity index (χ1) is 16.6. The van der Waals surface area contributed by atoms with Crippen molar-refractivity contribution in [1.82, 2.24) is 14.8 Å². The number of likely N-dealkylation sites (N-methyl/N-ethyl adjacent to an activating group) is 1. The molecule has 4 atom stereocenters. The van der Waals surface area contributed by atoms with Crippen LogP contribution in [-0.2, 0) is 0 Å². The highest BCUT2D eigenvalue weighted by Gasteiger charge is 2.34. The molecule has 0 fully saturated rings. The number of amides is 2. The van der Waals surface area contributed by atoms with Crippen molar-refractivity contribution in [3.63, 3.8) is 0 Å². The van der Waals surface area contributed by atoms with Gasteiger partial charge < -0.3 is 24.7 Å². The average Bonchev–Trinajstić information content (AvgIpc) is 2.84. The minimum Gasteiger partial charge on any atom is -0.472 e. The second kappa shape index (κ2) is 11.3. The summed E-state index contributed by atoms with van der Waals surface area (Å²) >= 11 is 0. The van der Waals surface area contributed by atoms with E-state index in [1.54, 1.807) is 24.9 Å². The highest BCUT2D eigenvalue weighted by molar-refractivity contribution is 5.97. The van der Waals surface area contributed by atoms with Gasteiger partial charge in [0, 0.05) is 36.8 Å². The Labute approximate surface area is 204 Å². The lowest BCUT2D eigenvalue weighted by Gasteiger charge is -2.37. The lowest BCUT2D eigenvalue weighted by molar-refractivity contribution is 0.0313. The van der Waals surface area contributed by atoms with Crippen molar-refractivity contribution in [3.8, 4) is 17.7 Å². The van der Waals surface area contributed by atoms with Crippen molar-refractivity contribution in [2.75, 3.05) is 26.7 Å². The fraction of sp³-hybridized carbons (Fsp3) is 0.423. The molecule has 186 valence electrons. The van der Waals surface area contributed by atoms with Crippen LogP contribution >= 0.6 is 0 Å². The second-order valence-electron chi connectivity index (χ2n) is 8.84. The van der Waals surface area contributed by atoms with Gasteiger partial charge in [-0.2, -0.15) is 0 Å². The molecule has 2 amide bonds. The fourth-order valence-electron chi connectivity index (χ4n) is 3.74. The molecule has 0 saturated carbocycles. The third kappa shape index (κ3) is 6.35. The van der Waals surface area contributed by atoms with Crippen LogP contribution in [0.2, 0.25) is 0 Å². The van der Waals surface area contributed by atoms with Gasteiger partial charge in [0.2, 0.25) is 5.88 Å². The Balaban J connectivity index is 1.94. The van der Waals surface area contributed by atoms with Crippen LogP contribution in [0.15, 0.2) is 36.5 Å². The van der Waals surface area contributed by atoms with Crippen molar-refractivity contribution >= 4 is 11.8 Å². The van der Waals surface area contributed by atoms with Crippen LogP contribution in [0, 0.1) is 23.6 Å². The van der Waals surface area contributed by atoms with Crippen LogP contribution in [0.5, 0.6) is 5.88 Å². The van der Waals surface area contributed by atoms with Crippen LogP contribution in [0.25, 0.3) is 0 Å². The van der Waals surface area contributed by atoms with Crippen molar-refractivity contribution in [2.45, 2.75) is 39.0 Å². The number of aromatic nitrogens is 1. The number of aliphatic hydroxyl groups excluding tert-OH is 2. The molecule has 1 aromatic heterocycles. The topological polar surface area (TPSA) is 103 Å². The Morgan fingerprint density at radius 1 is 1.34 bits per heavy atom. The number of halogens is 1. The molecule has 1 aromatic carbocycles. The zero-order valence-corrected chi connectivity index (χ0v) is 20.2. The van der Waals surface area contributed by atoms with Crippen molar-refractivity contribution in [2.24, 2.45) is 5.92 Å². The normalized spacial score (nSPS) is 19.3. The van der Waals surface area contributed by atoms with E-state index in [1.165, 1.54) is 42.3 Å². The Hall–Kier alpha value is -3.48. The smallest absolute Gasteiger partial charge is 0.259 e. The van der Waals surface area contributed by atoms with E-state index >= 15 is 0 Å². The zero-order chi connectivity index (χ0) is 25.7. The van der Waals surface area contributed by atoms with Gasteiger partial charge in [-0.1, -0.05) is 18.8 Å². The highest BCUT2D eigenvalue weighted by Crippen LogP contribution is 2.27. The molecule has 1 aliphatic heterocycles. The van der Waals surface area contributed by atoms with E-state index in [2.05, 4.69) is 16.8 Å². The van der Waals surface area contributed by atoms with Gasteiger partial charge in [-0.15, -0.1) is 0 Å². The van der Waals surface area contributed by atoms with E-state index < -0.39 is 24.1 Å². The molecule has 2 aromatic rings. The minimum atomic E-state index is -0.839. The van der Waals surface area contributed by atoms with E-state index in [4.69, 9.17) is 4.74 Å². The number of carbonyl (C=O) groups is 2. The van der Waals surface area contributed by atoms with Crippen LogP contribution in [0.1, 0.15) is 47.1 Å². The molecule has 0 aliphatic carbocycles. The van der Waals surface area contributed by atoms with E-state index in [0.717, 1.165) is 0 Å². The second-order valence-corrected chi connectivity index (χ2v) is 8.84. The van der Waals surface area contributed by atoms with E-state index in [-0.39, 0.29) is 48.9 Å². The van der Waals surface area contributed by atoms with Crippen molar-refractivity contribution < 1.29 is 28.9 Å². The van der Waals surface area contributed by atoms with Crippen molar-refractivity contribution in [3.05, 3.63) is 59.0 Å². The molecule has 3 rings (SSSR count). The first kappa shape index (κ1) is 26.1. The summed E-state index contributed by atoms with van der Waals surface area (Å²) in [6, 6.07) is 6.40. The number of carbonyl (C=O) groups excluding carboxylic acids is 2. The summed E-state index contributed by atoms with van der Waals surface area (Å²) < 4.78 is 19.4. The summed E-state index contributed by atoms with van der Waals surface area (Å²) in [6.45, 7) is 5.43. The van der Waals surface area contributed by atoms with Gasteiger partial charge in [0.1, 0.15) is 23.6 Å². The molecule has 0 unspecified atom stereocenters. The van der Waals surface area contributed by atoms with E-state index in [1.807, 2.05) is 6.92 Å². The highest BCUT2D eigenvalue weighted by atomic mass is 19.1. The first-order valence-corrected chi connectivity index (χ1v) is 11.4. The largest absolute Gasteiger partial charge is 0.472 e. The molecule has 0 spiro atoms. The molecular formula is C26H30FN3O5. The van der Waals surface area contributed by atoms with Gasteiger partial charge in [-0.05, 0) is 44.2 Å². The molecular weight excluding hydrogens is 453 g/mol. The third-order valence-corrected chi connectivity index (χ3v) is 5.84. The number of aliphatic hydroxyl groups is 2. The number of pyridine rings is 1. The maximum atomic E-state index is 13.4. The standard InChI is InChI=1S/C26H30FN3O5/c1-16-13-30(17(2)15-31)26(34)22-11-19(6-5-18(3)32)12-28-24(22)35-23(16)14-29(4)25(33)20-7-9-21(27)10-8-20/h7-12,16-18,23,31-32H,13-15H2,1-4H3/t16-,17+,18-,23+/m0/s1. The molecule has 0 bridgehead atoms. The number of rotatable bonds is 5.